The van der Waals surface area contributed by atoms with E-state index in [1.807, 2.05) is 31.2 Å². The van der Waals surface area contributed by atoms with Crippen molar-refractivity contribution in [2.45, 2.75) is 6.92 Å². The van der Waals surface area contributed by atoms with Crippen molar-refractivity contribution in [1.29, 1.82) is 5.26 Å². The lowest BCUT2D eigenvalue weighted by Crippen LogP contribution is -1.95. The Labute approximate surface area is 121 Å². The van der Waals surface area contributed by atoms with E-state index in [0.29, 0.717) is 11.3 Å². The molecule has 2 aromatic rings. The van der Waals surface area contributed by atoms with Crippen molar-refractivity contribution in [2.75, 3.05) is 12.4 Å². The number of anilines is 2. The standard InChI is InChI=1S/C15H13BrN2O/c1-10-5-12(16)7-13(6-10)18-15-8-14(19-2)4-3-11(15)9-17/h3-8,18H,1-2H3. The number of halogens is 1. The lowest BCUT2D eigenvalue weighted by molar-refractivity contribution is 0.415. The first-order chi connectivity index (χ1) is 9.12. The van der Waals surface area contributed by atoms with Crippen LogP contribution in [0.5, 0.6) is 5.75 Å². The molecular formula is C15H13BrN2O. The Morgan fingerprint density at radius 1 is 1.21 bits per heavy atom. The van der Waals surface area contributed by atoms with Crippen LogP contribution in [0.3, 0.4) is 0 Å². The molecule has 4 heteroatoms. The van der Waals surface area contributed by atoms with Gasteiger partial charge in [0.1, 0.15) is 11.8 Å². The van der Waals surface area contributed by atoms with E-state index in [0.717, 1.165) is 21.4 Å². The molecule has 0 saturated carbocycles. The molecule has 0 bridgehead atoms. The number of rotatable bonds is 3. The van der Waals surface area contributed by atoms with Crippen LogP contribution in [0.4, 0.5) is 11.4 Å². The summed E-state index contributed by atoms with van der Waals surface area (Å²) in [5.74, 6) is 0.716. The first-order valence-corrected chi connectivity index (χ1v) is 6.54. The zero-order valence-corrected chi connectivity index (χ0v) is 12.3. The first-order valence-electron chi connectivity index (χ1n) is 5.75. The summed E-state index contributed by atoms with van der Waals surface area (Å²) in [5, 5.41) is 12.4. The van der Waals surface area contributed by atoms with E-state index in [4.69, 9.17) is 10.00 Å². The summed E-state index contributed by atoms with van der Waals surface area (Å²) < 4.78 is 6.18. The zero-order valence-electron chi connectivity index (χ0n) is 10.7. The molecule has 1 N–H and O–H groups in total. The molecule has 0 aliphatic carbocycles. The molecule has 2 aromatic carbocycles. The van der Waals surface area contributed by atoms with Crippen LogP contribution in [0.2, 0.25) is 0 Å². The van der Waals surface area contributed by atoms with Crippen molar-refractivity contribution in [3.05, 3.63) is 52.0 Å². The molecule has 3 nitrogen and oxygen atoms in total. The Hall–Kier alpha value is -1.99. The van der Waals surface area contributed by atoms with Gasteiger partial charge in [-0.25, -0.2) is 0 Å². The van der Waals surface area contributed by atoms with Crippen molar-refractivity contribution in [3.63, 3.8) is 0 Å². The summed E-state index contributed by atoms with van der Waals surface area (Å²) in [6.45, 7) is 2.02. The van der Waals surface area contributed by atoms with Crippen LogP contribution in [0, 0.1) is 18.3 Å². The number of hydrogen-bond acceptors (Lipinski definition) is 3. The van der Waals surface area contributed by atoms with Crippen LogP contribution >= 0.6 is 15.9 Å². The highest BCUT2D eigenvalue weighted by Gasteiger charge is 2.05. The summed E-state index contributed by atoms with van der Waals surface area (Å²) >= 11 is 3.46. The second kappa shape index (κ2) is 5.77. The van der Waals surface area contributed by atoms with Crippen LogP contribution in [-0.2, 0) is 0 Å². The third-order valence-electron chi connectivity index (χ3n) is 2.67. The van der Waals surface area contributed by atoms with Gasteiger partial charge in [0.15, 0.2) is 0 Å². The van der Waals surface area contributed by atoms with E-state index in [9.17, 15) is 0 Å². The second-order valence-corrected chi connectivity index (χ2v) is 5.08. The van der Waals surface area contributed by atoms with E-state index in [-0.39, 0.29) is 0 Å². The van der Waals surface area contributed by atoms with Crippen LogP contribution in [-0.4, -0.2) is 7.11 Å². The number of ether oxygens (including phenoxy) is 1. The maximum atomic E-state index is 9.13. The zero-order chi connectivity index (χ0) is 13.8. The largest absolute Gasteiger partial charge is 0.497 e. The number of methoxy groups -OCH3 is 1. The minimum atomic E-state index is 0.582. The summed E-state index contributed by atoms with van der Waals surface area (Å²) in [6.07, 6.45) is 0. The lowest BCUT2D eigenvalue weighted by Gasteiger charge is -2.11. The molecule has 0 spiro atoms. The Morgan fingerprint density at radius 2 is 2.00 bits per heavy atom. The molecule has 0 radical (unpaired) electrons. The molecule has 0 unspecified atom stereocenters. The van der Waals surface area contributed by atoms with Crippen LogP contribution in [0.1, 0.15) is 11.1 Å². The number of benzene rings is 2. The number of hydrogen-bond donors (Lipinski definition) is 1. The fourth-order valence-electron chi connectivity index (χ4n) is 1.82. The van der Waals surface area contributed by atoms with Crippen LogP contribution in [0.15, 0.2) is 40.9 Å². The van der Waals surface area contributed by atoms with Gasteiger partial charge in [-0.3, -0.25) is 0 Å². The molecule has 96 valence electrons. The summed E-state index contributed by atoms with van der Waals surface area (Å²) in [7, 11) is 1.61. The number of nitrogens with zero attached hydrogens (tertiary/aromatic N) is 1. The van der Waals surface area contributed by atoms with Gasteiger partial charge in [-0.2, -0.15) is 5.26 Å². The van der Waals surface area contributed by atoms with Gasteiger partial charge in [-0.15, -0.1) is 0 Å². The van der Waals surface area contributed by atoms with Crippen LogP contribution in [0.25, 0.3) is 0 Å². The Kier molecular flexibility index (Phi) is 4.08. The molecule has 0 aliphatic heterocycles. The smallest absolute Gasteiger partial charge is 0.121 e. The van der Waals surface area contributed by atoms with Crippen molar-refractivity contribution in [3.8, 4) is 11.8 Å². The fraction of sp³-hybridized carbons (Fsp3) is 0.133. The average molecular weight is 317 g/mol. The molecule has 2 rings (SSSR count). The molecule has 19 heavy (non-hydrogen) atoms. The summed E-state index contributed by atoms with van der Waals surface area (Å²) in [4.78, 5) is 0. The highest BCUT2D eigenvalue weighted by molar-refractivity contribution is 9.10. The number of aryl methyl sites for hydroxylation is 1. The highest BCUT2D eigenvalue weighted by atomic mass is 79.9. The van der Waals surface area contributed by atoms with E-state index >= 15 is 0 Å². The van der Waals surface area contributed by atoms with Gasteiger partial charge >= 0.3 is 0 Å². The number of nitriles is 1. The lowest BCUT2D eigenvalue weighted by atomic mass is 10.1. The summed E-state index contributed by atoms with van der Waals surface area (Å²) in [6, 6.07) is 13.5. The minimum absolute atomic E-state index is 0.582. The van der Waals surface area contributed by atoms with Crippen molar-refractivity contribution >= 4 is 27.3 Å². The Bertz CT molecular complexity index is 627. The van der Waals surface area contributed by atoms with Crippen molar-refractivity contribution in [2.24, 2.45) is 0 Å². The molecule has 0 aliphatic rings. The van der Waals surface area contributed by atoms with Gasteiger partial charge in [0.2, 0.25) is 0 Å². The SMILES string of the molecule is COc1ccc(C#N)c(Nc2cc(C)cc(Br)c2)c1. The van der Waals surface area contributed by atoms with Crippen molar-refractivity contribution < 1.29 is 4.74 Å². The Morgan fingerprint density at radius 3 is 2.63 bits per heavy atom. The van der Waals surface area contributed by atoms with Gasteiger partial charge < -0.3 is 10.1 Å². The monoisotopic (exact) mass is 316 g/mol. The molecule has 0 amide bonds. The second-order valence-electron chi connectivity index (χ2n) is 4.17. The van der Waals surface area contributed by atoms with Gasteiger partial charge in [0.25, 0.3) is 0 Å². The fourth-order valence-corrected chi connectivity index (χ4v) is 2.42. The first kappa shape index (κ1) is 13.4. The number of nitrogens with one attached hydrogen (secondary N) is 1. The highest BCUT2D eigenvalue weighted by Crippen LogP contribution is 2.27. The maximum absolute atomic E-state index is 9.13. The van der Waals surface area contributed by atoms with Crippen LogP contribution < -0.4 is 10.1 Å². The molecule has 0 heterocycles. The third kappa shape index (κ3) is 3.27. The van der Waals surface area contributed by atoms with E-state index < -0.39 is 0 Å². The quantitative estimate of drug-likeness (QED) is 0.913. The predicted octanol–water partition coefficient (Wildman–Crippen LogP) is 4.38. The van der Waals surface area contributed by atoms with E-state index in [1.54, 1.807) is 19.2 Å². The molecule has 0 atom stereocenters. The van der Waals surface area contributed by atoms with E-state index in [2.05, 4.69) is 27.3 Å². The van der Waals surface area contributed by atoms with Gasteiger partial charge in [0, 0.05) is 16.2 Å². The topological polar surface area (TPSA) is 45.0 Å². The molecular weight excluding hydrogens is 304 g/mol. The normalized spacial score (nSPS) is 9.79. The van der Waals surface area contributed by atoms with Crippen molar-refractivity contribution in [1.82, 2.24) is 0 Å². The maximum Gasteiger partial charge on any atom is 0.121 e. The van der Waals surface area contributed by atoms with E-state index in [1.165, 1.54) is 0 Å². The molecule has 0 saturated heterocycles. The van der Waals surface area contributed by atoms with Gasteiger partial charge in [-0.1, -0.05) is 15.9 Å². The van der Waals surface area contributed by atoms with Gasteiger partial charge in [-0.05, 0) is 42.8 Å². The minimum Gasteiger partial charge on any atom is -0.497 e. The van der Waals surface area contributed by atoms with Gasteiger partial charge in [0.05, 0.1) is 18.4 Å². The molecule has 0 fully saturated rings. The average Bonchev–Trinajstić information content (AvgIpc) is 2.37. The predicted molar refractivity (Wildman–Crippen MR) is 79.9 cm³/mol. The third-order valence-corrected chi connectivity index (χ3v) is 3.13. The summed E-state index contributed by atoms with van der Waals surface area (Å²) in [5.41, 5.74) is 3.38. The Balaban J connectivity index is 2.39. The molecule has 0 aromatic heterocycles.